The first kappa shape index (κ1) is 10.9. The number of aliphatic hydroxyl groups is 3. The van der Waals surface area contributed by atoms with Crippen LogP contribution < -0.4 is 5.32 Å². The molecular formula is C9H19NO3. The molecule has 13 heavy (non-hydrogen) atoms. The predicted octanol–water partition coefficient (Wildman–Crippen LogP) is -0.215. The van der Waals surface area contributed by atoms with Crippen LogP contribution in [0.2, 0.25) is 0 Å². The first-order valence-electron chi connectivity index (χ1n) is 4.78. The highest BCUT2D eigenvalue weighted by molar-refractivity contribution is 4.90. The summed E-state index contributed by atoms with van der Waals surface area (Å²) in [6.45, 7) is 3.66. The van der Waals surface area contributed by atoms with Crippen molar-refractivity contribution in [3.8, 4) is 0 Å². The van der Waals surface area contributed by atoms with E-state index in [1.165, 1.54) is 0 Å². The second kappa shape index (κ2) is 3.53. The van der Waals surface area contributed by atoms with Crippen LogP contribution in [0.4, 0.5) is 0 Å². The van der Waals surface area contributed by atoms with Gasteiger partial charge in [-0.2, -0.15) is 0 Å². The zero-order valence-corrected chi connectivity index (χ0v) is 8.25. The van der Waals surface area contributed by atoms with Gasteiger partial charge in [-0.05, 0) is 19.3 Å². The van der Waals surface area contributed by atoms with Gasteiger partial charge >= 0.3 is 0 Å². The Bertz CT molecular complexity index is 176. The monoisotopic (exact) mass is 189 g/mol. The molecule has 0 unspecified atom stereocenters. The molecule has 0 spiro atoms. The van der Waals surface area contributed by atoms with Crippen molar-refractivity contribution in [2.45, 2.75) is 44.6 Å². The van der Waals surface area contributed by atoms with Crippen LogP contribution in [0.5, 0.6) is 0 Å². The molecule has 0 aromatic carbocycles. The second-order valence-electron chi connectivity index (χ2n) is 4.31. The maximum absolute atomic E-state index is 9.67. The summed E-state index contributed by atoms with van der Waals surface area (Å²) in [5, 5.41) is 31.0. The number of nitrogens with one attached hydrogen (secondary N) is 1. The second-order valence-corrected chi connectivity index (χ2v) is 4.31. The highest BCUT2D eigenvalue weighted by atomic mass is 16.5. The largest absolute Gasteiger partial charge is 0.389 e. The van der Waals surface area contributed by atoms with Gasteiger partial charge in [-0.1, -0.05) is 13.8 Å². The standard InChI is InChI=1S/C9H19NO3/c1-7(2)9(12,13)10-6-8(11)4-3-5-8/h7,10-13H,3-6H2,1-2H3. The molecule has 0 aromatic heterocycles. The Hall–Kier alpha value is -0.160. The van der Waals surface area contributed by atoms with Gasteiger partial charge in [0.05, 0.1) is 5.60 Å². The molecular weight excluding hydrogens is 170 g/mol. The van der Waals surface area contributed by atoms with Crippen LogP contribution in [-0.2, 0) is 0 Å². The van der Waals surface area contributed by atoms with Crippen molar-refractivity contribution >= 4 is 0 Å². The van der Waals surface area contributed by atoms with Crippen molar-refractivity contribution in [3.63, 3.8) is 0 Å². The van der Waals surface area contributed by atoms with E-state index >= 15 is 0 Å². The molecule has 0 heterocycles. The minimum Gasteiger partial charge on any atom is -0.389 e. The Labute approximate surface area is 78.6 Å². The van der Waals surface area contributed by atoms with E-state index in [0.717, 1.165) is 19.3 Å². The van der Waals surface area contributed by atoms with Crippen molar-refractivity contribution in [2.75, 3.05) is 6.54 Å². The fraction of sp³-hybridized carbons (Fsp3) is 1.00. The predicted molar refractivity (Wildman–Crippen MR) is 48.8 cm³/mol. The molecule has 0 aromatic rings. The summed E-state index contributed by atoms with van der Waals surface area (Å²) >= 11 is 0. The molecule has 4 heteroatoms. The highest BCUT2D eigenvalue weighted by Crippen LogP contribution is 2.31. The smallest absolute Gasteiger partial charge is 0.224 e. The molecule has 4 N–H and O–H groups in total. The van der Waals surface area contributed by atoms with E-state index in [1.54, 1.807) is 13.8 Å². The van der Waals surface area contributed by atoms with Crippen molar-refractivity contribution in [2.24, 2.45) is 5.92 Å². The molecule has 0 saturated heterocycles. The van der Waals surface area contributed by atoms with Crippen molar-refractivity contribution in [1.82, 2.24) is 5.32 Å². The number of hydrogen-bond donors (Lipinski definition) is 4. The van der Waals surface area contributed by atoms with E-state index in [2.05, 4.69) is 5.32 Å². The summed E-state index contributed by atoms with van der Waals surface area (Å²) in [4.78, 5) is 0. The van der Waals surface area contributed by atoms with E-state index in [1.807, 2.05) is 0 Å². The van der Waals surface area contributed by atoms with E-state index in [-0.39, 0.29) is 12.5 Å². The molecule has 1 saturated carbocycles. The topological polar surface area (TPSA) is 72.7 Å². The summed E-state index contributed by atoms with van der Waals surface area (Å²) in [5.41, 5.74) is -0.717. The average molecular weight is 189 g/mol. The number of rotatable bonds is 4. The van der Waals surface area contributed by atoms with E-state index in [4.69, 9.17) is 0 Å². The van der Waals surface area contributed by atoms with Crippen LogP contribution in [-0.4, -0.2) is 33.4 Å². The molecule has 0 atom stereocenters. The lowest BCUT2D eigenvalue weighted by molar-refractivity contribution is -0.223. The Morgan fingerprint density at radius 2 is 1.92 bits per heavy atom. The fourth-order valence-corrected chi connectivity index (χ4v) is 1.26. The van der Waals surface area contributed by atoms with E-state index in [0.29, 0.717) is 0 Å². The van der Waals surface area contributed by atoms with Gasteiger partial charge < -0.3 is 15.3 Å². The fourth-order valence-electron chi connectivity index (χ4n) is 1.26. The molecule has 1 aliphatic carbocycles. The molecule has 0 radical (unpaired) electrons. The molecule has 0 amide bonds. The molecule has 0 bridgehead atoms. The normalized spacial score (nSPS) is 21.7. The molecule has 4 nitrogen and oxygen atoms in total. The first-order chi connectivity index (χ1) is 5.86. The molecule has 1 aliphatic rings. The number of hydrogen-bond acceptors (Lipinski definition) is 4. The SMILES string of the molecule is CC(C)C(O)(O)NCC1(O)CCC1. The van der Waals surface area contributed by atoms with Crippen LogP contribution >= 0.6 is 0 Å². The quantitative estimate of drug-likeness (QED) is 0.462. The third-order valence-electron chi connectivity index (χ3n) is 2.77. The zero-order valence-electron chi connectivity index (χ0n) is 8.25. The molecule has 1 rings (SSSR count). The maximum atomic E-state index is 9.67. The van der Waals surface area contributed by atoms with E-state index in [9.17, 15) is 15.3 Å². The Morgan fingerprint density at radius 3 is 2.23 bits per heavy atom. The lowest BCUT2D eigenvalue weighted by atomic mass is 9.80. The van der Waals surface area contributed by atoms with Crippen molar-refractivity contribution in [3.05, 3.63) is 0 Å². The van der Waals surface area contributed by atoms with Crippen molar-refractivity contribution < 1.29 is 15.3 Å². The van der Waals surface area contributed by atoms with Gasteiger partial charge in [0.15, 0.2) is 0 Å². The zero-order chi connectivity index (χ0) is 10.1. The van der Waals surface area contributed by atoms with E-state index < -0.39 is 11.5 Å². The highest BCUT2D eigenvalue weighted by Gasteiger charge is 2.37. The van der Waals surface area contributed by atoms with Crippen LogP contribution in [0.1, 0.15) is 33.1 Å². The van der Waals surface area contributed by atoms with Crippen LogP contribution in [0.3, 0.4) is 0 Å². The van der Waals surface area contributed by atoms with Crippen LogP contribution in [0, 0.1) is 5.92 Å². The van der Waals surface area contributed by atoms with Gasteiger partial charge in [-0.15, -0.1) is 0 Å². The van der Waals surface area contributed by atoms with Crippen LogP contribution in [0.15, 0.2) is 0 Å². The summed E-state index contributed by atoms with van der Waals surface area (Å²) < 4.78 is 0. The third kappa shape index (κ3) is 2.64. The maximum Gasteiger partial charge on any atom is 0.224 e. The van der Waals surface area contributed by atoms with Gasteiger partial charge in [0, 0.05) is 12.5 Å². The summed E-state index contributed by atoms with van der Waals surface area (Å²) in [6, 6.07) is 0. The Morgan fingerprint density at radius 1 is 1.38 bits per heavy atom. The minimum atomic E-state index is -1.87. The average Bonchev–Trinajstić information content (AvgIpc) is 1.97. The third-order valence-corrected chi connectivity index (χ3v) is 2.77. The molecule has 1 fully saturated rings. The van der Waals surface area contributed by atoms with Gasteiger partial charge in [0.25, 0.3) is 0 Å². The summed E-state index contributed by atoms with van der Waals surface area (Å²) in [5.74, 6) is -2.16. The van der Waals surface area contributed by atoms with Gasteiger partial charge in [-0.25, -0.2) is 0 Å². The molecule has 0 aliphatic heterocycles. The Balaban J connectivity index is 2.32. The Kier molecular flexibility index (Phi) is 2.97. The van der Waals surface area contributed by atoms with Gasteiger partial charge in [0.2, 0.25) is 5.91 Å². The first-order valence-corrected chi connectivity index (χ1v) is 4.78. The van der Waals surface area contributed by atoms with Crippen LogP contribution in [0.25, 0.3) is 0 Å². The minimum absolute atomic E-state index is 0.248. The van der Waals surface area contributed by atoms with Gasteiger partial charge in [-0.3, -0.25) is 5.32 Å². The van der Waals surface area contributed by atoms with Crippen molar-refractivity contribution in [1.29, 1.82) is 0 Å². The lowest BCUT2D eigenvalue weighted by Gasteiger charge is -2.39. The molecule has 78 valence electrons. The van der Waals surface area contributed by atoms with Gasteiger partial charge in [0.1, 0.15) is 0 Å². The summed E-state index contributed by atoms with van der Waals surface area (Å²) in [7, 11) is 0. The lowest BCUT2D eigenvalue weighted by Crippen LogP contribution is -2.57. The summed E-state index contributed by atoms with van der Waals surface area (Å²) in [6.07, 6.45) is 2.51.